The molecule has 2 aliphatic rings. The Hall–Kier alpha value is -4.05. The van der Waals surface area contributed by atoms with Crippen LogP contribution in [-0.4, -0.2) is 89.3 Å². The molecule has 2 aromatic heterocycles. The topological polar surface area (TPSA) is 95.4 Å². The molecule has 0 aliphatic carbocycles. The number of alkyl halides is 6. The number of nitrogens with zero attached hydrogens (tertiary/aromatic N) is 4. The molecule has 2 aliphatic heterocycles. The molecule has 2 saturated heterocycles. The van der Waals surface area contributed by atoms with Crippen LogP contribution in [-0.2, 0) is 17.1 Å². The fraction of sp³-hybridized carbons (Fsp3) is 0.485. The predicted octanol–water partition coefficient (Wildman–Crippen LogP) is 6.12. The number of benzene rings is 1. The van der Waals surface area contributed by atoms with Gasteiger partial charge in [-0.15, -0.1) is 11.3 Å². The van der Waals surface area contributed by atoms with E-state index < -0.39 is 51.8 Å². The number of aliphatic hydroxyl groups is 1. The van der Waals surface area contributed by atoms with E-state index in [2.05, 4.69) is 4.98 Å². The van der Waals surface area contributed by atoms with Crippen molar-refractivity contribution in [2.24, 2.45) is 0 Å². The van der Waals surface area contributed by atoms with E-state index in [1.807, 2.05) is 17.0 Å². The minimum atomic E-state index is -4.86. The van der Waals surface area contributed by atoms with Crippen molar-refractivity contribution in [3.05, 3.63) is 70.2 Å². The van der Waals surface area contributed by atoms with Crippen LogP contribution < -0.4 is 14.4 Å². The van der Waals surface area contributed by atoms with Crippen molar-refractivity contribution in [2.45, 2.75) is 56.6 Å². The second kappa shape index (κ2) is 14.8. The number of hydrogen-bond donors (Lipinski definition) is 1. The maximum Gasteiger partial charge on any atom is 0.425 e. The Morgan fingerprint density at radius 1 is 1.04 bits per heavy atom. The Balaban J connectivity index is 1.50. The van der Waals surface area contributed by atoms with Crippen LogP contribution in [0.4, 0.5) is 32.0 Å². The van der Waals surface area contributed by atoms with E-state index in [1.54, 1.807) is 19.1 Å². The number of ether oxygens (including phenoxy) is 2. The minimum absolute atomic E-state index is 0.00389. The van der Waals surface area contributed by atoms with Gasteiger partial charge in [0.15, 0.2) is 0 Å². The standard InChI is InChI=1S/C33H36F6N4O5S/c1-2-6-27-31(48-22-19-28(49-21-22)33(37,38)39,10-5-12-43(27)29(45)23-20-40-11-9-24(23)32(34,35)36)30(46)42-15-13-41(14-16-42)25-7-3-4-8-26(25)47-18-17-44/h3-4,7-9,11,19-21,27,44H,2,5-6,10,12-18H2,1H3/t27-,31+/m0/s1. The van der Waals surface area contributed by atoms with Crippen molar-refractivity contribution in [2.75, 3.05) is 50.8 Å². The third-order valence-corrected chi connectivity index (χ3v) is 9.63. The third kappa shape index (κ3) is 7.74. The molecular weight excluding hydrogens is 678 g/mol. The molecule has 0 bridgehead atoms. The molecule has 2 fully saturated rings. The molecule has 0 unspecified atom stereocenters. The third-order valence-electron chi connectivity index (χ3n) is 8.68. The second-order valence-electron chi connectivity index (χ2n) is 11.8. The molecule has 266 valence electrons. The first-order chi connectivity index (χ1) is 23.3. The molecule has 16 heteroatoms. The number of aromatic nitrogens is 1. The van der Waals surface area contributed by atoms with Crippen LogP contribution in [0, 0.1) is 0 Å². The Kier molecular flexibility index (Phi) is 11.0. The van der Waals surface area contributed by atoms with Gasteiger partial charge in [0.2, 0.25) is 5.60 Å². The monoisotopic (exact) mass is 714 g/mol. The average molecular weight is 715 g/mol. The van der Waals surface area contributed by atoms with Crippen molar-refractivity contribution in [3.8, 4) is 11.5 Å². The molecule has 49 heavy (non-hydrogen) atoms. The largest absolute Gasteiger partial charge is 0.489 e. The Morgan fingerprint density at radius 3 is 2.43 bits per heavy atom. The summed E-state index contributed by atoms with van der Waals surface area (Å²) in [5.74, 6) is -1.22. The first kappa shape index (κ1) is 36.2. The highest BCUT2D eigenvalue weighted by Gasteiger charge is 2.56. The quantitative estimate of drug-likeness (QED) is 0.253. The summed E-state index contributed by atoms with van der Waals surface area (Å²) in [6.45, 7) is 2.76. The SMILES string of the molecule is CCC[C@@H]1N(C(=O)c2cnccc2C(F)(F)F)CCC[C@]1(Oc1csc(C(F)(F)F)c1)C(=O)N1CCN(c2ccccc2OCCO)CC1. The maximum atomic E-state index is 14.7. The zero-order valence-corrected chi connectivity index (χ0v) is 27.4. The summed E-state index contributed by atoms with van der Waals surface area (Å²) in [5, 5.41) is 10.4. The summed E-state index contributed by atoms with van der Waals surface area (Å²) < 4.78 is 94.7. The van der Waals surface area contributed by atoms with E-state index in [0.717, 1.165) is 29.5 Å². The lowest BCUT2D eigenvalue weighted by molar-refractivity contribution is -0.159. The van der Waals surface area contributed by atoms with E-state index in [9.17, 15) is 41.0 Å². The van der Waals surface area contributed by atoms with E-state index in [0.29, 0.717) is 42.7 Å². The van der Waals surface area contributed by atoms with Crippen LogP contribution in [0.3, 0.4) is 0 Å². The van der Waals surface area contributed by atoms with Gasteiger partial charge in [-0.25, -0.2) is 0 Å². The van der Waals surface area contributed by atoms with Gasteiger partial charge in [0.25, 0.3) is 11.8 Å². The number of thiophene rings is 1. The number of piperazine rings is 1. The van der Waals surface area contributed by atoms with Crippen LogP contribution in [0.15, 0.2) is 54.2 Å². The molecule has 9 nitrogen and oxygen atoms in total. The van der Waals surface area contributed by atoms with E-state index >= 15 is 0 Å². The average Bonchev–Trinajstić information content (AvgIpc) is 3.56. The molecule has 1 aromatic carbocycles. The zero-order valence-electron chi connectivity index (χ0n) is 26.6. The van der Waals surface area contributed by atoms with Crippen LogP contribution in [0.5, 0.6) is 11.5 Å². The molecule has 0 spiro atoms. The fourth-order valence-electron chi connectivity index (χ4n) is 6.52. The fourth-order valence-corrected chi connectivity index (χ4v) is 7.19. The molecular formula is C33H36F6N4O5S. The number of pyridine rings is 1. The number of halogens is 6. The van der Waals surface area contributed by atoms with Gasteiger partial charge in [-0.2, -0.15) is 26.3 Å². The summed E-state index contributed by atoms with van der Waals surface area (Å²) in [4.78, 5) is 36.2. The number of carbonyl (C=O) groups excluding carboxylic acids is 2. The smallest absolute Gasteiger partial charge is 0.425 e. The number of aliphatic hydroxyl groups excluding tert-OH is 1. The molecule has 1 N–H and O–H groups in total. The highest BCUT2D eigenvalue weighted by Crippen LogP contribution is 2.43. The molecule has 0 radical (unpaired) electrons. The summed E-state index contributed by atoms with van der Waals surface area (Å²) in [6, 6.07) is 7.62. The van der Waals surface area contributed by atoms with Gasteiger partial charge >= 0.3 is 12.4 Å². The lowest BCUT2D eigenvalue weighted by Crippen LogP contribution is -2.69. The van der Waals surface area contributed by atoms with Crippen LogP contribution >= 0.6 is 11.3 Å². The number of amides is 2. The highest BCUT2D eigenvalue weighted by atomic mass is 32.1. The normalized spacial score (nSPS) is 20.3. The van der Waals surface area contributed by atoms with Crippen molar-refractivity contribution in [1.82, 2.24) is 14.8 Å². The lowest BCUT2D eigenvalue weighted by atomic mass is 9.79. The van der Waals surface area contributed by atoms with Crippen molar-refractivity contribution < 1.29 is 50.5 Å². The minimum Gasteiger partial charge on any atom is -0.489 e. The second-order valence-corrected chi connectivity index (χ2v) is 12.7. The summed E-state index contributed by atoms with van der Waals surface area (Å²) >= 11 is 0.396. The summed E-state index contributed by atoms with van der Waals surface area (Å²) in [5.41, 5.74) is -3.01. The van der Waals surface area contributed by atoms with Gasteiger partial charge in [-0.1, -0.05) is 25.5 Å². The number of carbonyl (C=O) groups is 2. The maximum absolute atomic E-state index is 14.7. The van der Waals surface area contributed by atoms with E-state index in [-0.39, 0.29) is 57.9 Å². The molecule has 2 atom stereocenters. The van der Waals surface area contributed by atoms with Crippen LogP contribution in [0.2, 0.25) is 0 Å². The number of rotatable bonds is 10. The Labute approximate surface area is 283 Å². The highest BCUT2D eigenvalue weighted by molar-refractivity contribution is 7.10. The van der Waals surface area contributed by atoms with Gasteiger partial charge in [-0.3, -0.25) is 14.6 Å². The first-order valence-electron chi connectivity index (χ1n) is 15.8. The molecule has 2 amide bonds. The van der Waals surface area contributed by atoms with Crippen LogP contribution in [0.25, 0.3) is 0 Å². The lowest BCUT2D eigenvalue weighted by Gasteiger charge is -2.50. The molecule has 0 saturated carbocycles. The number of piperidine rings is 1. The van der Waals surface area contributed by atoms with Gasteiger partial charge in [0, 0.05) is 63.0 Å². The summed E-state index contributed by atoms with van der Waals surface area (Å²) in [6.07, 6.45) is -7.07. The number of para-hydroxylation sites is 2. The van der Waals surface area contributed by atoms with Crippen LogP contribution in [0.1, 0.15) is 53.4 Å². The van der Waals surface area contributed by atoms with Crippen molar-refractivity contribution in [3.63, 3.8) is 0 Å². The number of anilines is 1. The van der Waals surface area contributed by atoms with E-state index in [1.165, 1.54) is 9.80 Å². The summed E-state index contributed by atoms with van der Waals surface area (Å²) in [7, 11) is 0. The molecule has 3 aromatic rings. The number of hydrogen-bond acceptors (Lipinski definition) is 8. The first-order valence-corrected chi connectivity index (χ1v) is 16.7. The predicted molar refractivity (Wildman–Crippen MR) is 169 cm³/mol. The van der Waals surface area contributed by atoms with E-state index in [4.69, 9.17) is 9.47 Å². The van der Waals surface area contributed by atoms with Gasteiger partial charge in [-0.05, 0) is 31.0 Å². The van der Waals surface area contributed by atoms with Crippen molar-refractivity contribution >= 4 is 28.8 Å². The van der Waals surface area contributed by atoms with Crippen molar-refractivity contribution in [1.29, 1.82) is 0 Å². The van der Waals surface area contributed by atoms with Gasteiger partial charge < -0.3 is 29.3 Å². The molecule has 5 rings (SSSR count). The van der Waals surface area contributed by atoms with Gasteiger partial charge in [0.1, 0.15) is 23.0 Å². The molecule has 4 heterocycles. The number of likely N-dealkylation sites (tertiary alicyclic amines) is 1. The zero-order chi connectivity index (χ0) is 35.4. The Bertz CT molecular complexity index is 1610. The Morgan fingerprint density at radius 2 is 1.78 bits per heavy atom. The van der Waals surface area contributed by atoms with Gasteiger partial charge in [0.05, 0.1) is 29.5 Å².